The van der Waals surface area contributed by atoms with Crippen LogP contribution in [0.25, 0.3) is 0 Å². The van der Waals surface area contributed by atoms with Crippen molar-refractivity contribution >= 4 is 23.8 Å². The van der Waals surface area contributed by atoms with Gasteiger partial charge in [-0.2, -0.15) is 0 Å². The number of hydrogen-bond donors (Lipinski definition) is 0. The zero-order valence-corrected chi connectivity index (χ0v) is 12.8. The number of pyridine rings is 1. The van der Waals surface area contributed by atoms with Crippen molar-refractivity contribution in [3.63, 3.8) is 0 Å². The molecule has 0 saturated heterocycles. The second-order valence-electron chi connectivity index (χ2n) is 4.85. The molecule has 0 aromatic carbocycles. The summed E-state index contributed by atoms with van der Waals surface area (Å²) in [6, 6.07) is 0.298. The van der Waals surface area contributed by atoms with Crippen molar-refractivity contribution in [1.29, 1.82) is 0 Å². The van der Waals surface area contributed by atoms with Crippen molar-refractivity contribution in [2.75, 3.05) is 6.61 Å². The van der Waals surface area contributed by atoms with Crippen molar-refractivity contribution in [1.82, 2.24) is 4.98 Å². The molecule has 1 aromatic rings. The Labute approximate surface area is 124 Å². The van der Waals surface area contributed by atoms with E-state index in [1.165, 1.54) is 0 Å². The first kappa shape index (κ1) is 15.0. The van der Waals surface area contributed by atoms with Crippen LogP contribution in [0.15, 0.2) is 4.99 Å². The van der Waals surface area contributed by atoms with Gasteiger partial charge >= 0.3 is 5.97 Å². The number of aliphatic imine (C=N–C) groups is 1. The standard InChI is InChI=1S/C15H19ClN2O2/c1-4-10-6-7-12-11(8-17-10)14(16)13(9(3)18-12)15(19)20-5-2/h8,10H,4-7H2,1-3H3/t10-/m1/s1. The topological polar surface area (TPSA) is 51.5 Å². The van der Waals surface area contributed by atoms with Crippen LogP contribution in [0.5, 0.6) is 0 Å². The SMILES string of the molecule is CCOC(=O)c1c(C)nc2c(c1Cl)C=N[C@H](CC)CC2. The van der Waals surface area contributed by atoms with Crippen LogP contribution in [0.3, 0.4) is 0 Å². The molecule has 1 aliphatic rings. The van der Waals surface area contributed by atoms with E-state index >= 15 is 0 Å². The average Bonchev–Trinajstić information content (AvgIpc) is 2.61. The number of aromatic nitrogens is 1. The molecule has 0 unspecified atom stereocenters. The van der Waals surface area contributed by atoms with Gasteiger partial charge in [0.1, 0.15) is 5.56 Å². The smallest absolute Gasteiger partial charge is 0.341 e. The molecule has 20 heavy (non-hydrogen) atoms. The van der Waals surface area contributed by atoms with E-state index in [9.17, 15) is 4.79 Å². The Kier molecular flexibility index (Phi) is 4.76. The highest BCUT2D eigenvalue weighted by atomic mass is 35.5. The van der Waals surface area contributed by atoms with Crippen LogP contribution in [-0.4, -0.2) is 29.8 Å². The summed E-state index contributed by atoms with van der Waals surface area (Å²) in [6.07, 6.45) is 4.54. The molecule has 0 bridgehead atoms. The molecule has 0 aliphatic carbocycles. The summed E-state index contributed by atoms with van der Waals surface area (Å²) < 4.78 is 5.05. The zero-order chi connectivity index (χ0) is 14.7. The first-order valence-corrected chi connectivity index (χ1v) is 7.35. The number of hydrogen-bond acceptors (Lipinski definition) is 4. The number of rotatable bonds is 3. The summed E-state index contributed by atoms with van der Waals surface area (Å²) in [4.78, 5) is 21.0. The van der Waals surface area contributed by atoms with E-state index in [1.807, 2.05) is 0 Å². The number of fused-ring (bicyclic) bond motifs is 1. The number of carbonyl (C=O) groups excluding carboxylic acids is 1. The molecule has 1 atom stereocenters. The molecule has 0 fully saturated rings. The number of ether oxygens (including phenoxy) is 1. The van der Waals surface area contributed by atoms with E-state index in [4.69, 9.17) is 16.3 Å². The van der Waals surface area contributed by atoms with Crippen molar-refractivity contribution in [2.45, 2.75) is 46.1 Å². The minimum Gasteiger partial charge on any atom is -0.462 e. The molecule has 2 rings (SSSR count). The lowest BCUT2D eigenvalue weighted by atomic mass is 10.0. The highest BCUT2D eigenvalue weighted by Crippen LogP contribution is 2.28. The van der Waals surface area contributed by atoms with Crippen LogP contribution in [0.1, 0.15) is 54.0 Å². The normalized spacial score (nSPS) is 17.5. The van der Waals surface area contributed by atoms with Crippen molar-refractivity contribution in [3.8, 4) is 0 Å². The monoisotopic (exact) mass is 294 g/mol. The third-order valence-electron chi connectivity index (χ3n) is 3.51. The van der Waals surface area contributed by atoms with Gasteiger partial charge in [-0.25, -0.2) is 4.79 Å². The molecule has 108 valence electrons. The maximum absolute atomic E-state index is 12.0. The Morgan fingerprint density at radius 1 is 1.50 bits per heavy atom. The molecule has 0 saturated carbocycles. The van der Waals surface area contributed by atoms with E-state index in [0.29, 0.717) is 28.9 Å². The van der Waals surface area contributed by atoms with Crippen molar-refractivity contribution < 1.29 is 9.53 Å². The van der Waals surface area contributed by atoms with E-state index in [2.05, 4.69) is 16.9 Å². The Morgan fingerprint density at radius 3 is 2.90 bits per heavy atom. The van der Waals surface area contributed by atoms with Gasteiger partial charge in [-0.05, 0) is 33.1 Å². The zero-order valence-electron chi connectivity index (χ0n) is 12.1. The average molecular weight is 295 g/mol. The predicted octanol–water partition coefficient (Wildman–Crippen LogP) is 3.36. The van der Waals surface area contributed by atoms with E-state index in [0.717, 1.165) is 30.5 Å². The number of nitrogens with zero attached hydrogens (tertiary/aromatic N) is 2. The van der Waals surface area contributed by atoms with Gasteiger partial charge in [-0.3, -0.25) is 9.98 Å². The van der Waals surface area contributed by atoms with Gasteiger partial charge in [0.25, 0.3) is 0 Å². The number of carbonyl (C=O) groups is 1. The van der Waals surface area contributed by atoms with Crippen molar-refractivity contribution in [2.24, 2.45) is 4.99 Å². The van der Waals surface area contributed by atoms with Gasteiger partial charge in [-0.1, -0.05) is 18.5 Å². The summed E-state index contributed by atoms with van der Waals surface area (Å²) in [5.41, 5.74) is 2.65. The van der Waals surface area contributed by atoms with Gasteiger partial charge in [0, 0.05) is 11.8 Å². The first-order chi connectivity index (χ1) is 9.58. The molecule has 0 N–H and O–H groups in total. The van der Waals surface area contributed by atoms with Gasteiger partial charge in [-0.15, -0.1) is 0 Å². The van der Waals surface area contributed by atoms with Crippen LogP contribution in [0.4, 0.5) is 0 Å². The third kappa shape index (κ3) is 2.85. The predicted molar refractivity (Wildman–Crippen MR) is 79.9 cm³/mol. The summed E-state index contributed by atoms with van der Waals surface area (Å²) in [6.45, 7) is 5.99. The summed E-state index contributed by atoms with van der Waals surface area (Å²) in [7, 11) is 0. The van der Waals surface area contributed by atoms with Gasteiger partial charge in [0.05, 0.1) is 29.1 Å². The fraction of sp³-hybridized carbons (Fsp3) is 0.533. The summed E-state index contributed by atoms with van der Waals surface area (Å²) >= 11 is 6.39. The highest BCUT2D eigenvalue weighted by molar-refractivity contribution is 6.36. The van der Waals surface area contributed by atoms with E-state index in [-0.39, 0.29) is 0 Å². The molecule has 1 aliphatic heterocycles. The minimum atomic E-state index is -0.421. The lowest BCUT2D eigenvalue weighted by Gasteiger charge is -2.12. The lowest BCUT2D eigenvalue weighted by Crippen LogP contribution is -2.12. The van der Waals surface area contributed by atoms with Crippen LogP contribution in [0.2, 0.25) is 5.02 Å². The Balaban J connectivity index is 2.49. The van der Waals surface area contributed by atoms with Crippen LogP contribution >= 0.6 is 11.6 Å². The van der Waals surface area contributed by atoms with Gasteiger partial charge in [0.15, 0.2) is 0 Å². The molecular weight excluding hydrogens is 276 g/mol. The Hall–Kier alpha value is -1.42. The molecule has 1 aromatic heterocycles. The van der Waals surface area contributed by atoms with Crippen LogP contribution in [-0.2, 0) is 11.2 Å². The number of halogens is 1. The second-order valence-corrected chi connectivity index (χ2v) is 5.22. The Morgan fingerprint density at radius 2 is 2.25 bits per heavy atom. The minimum absolute atomic E-state index is 0.298. The molecule has 2 heterocycles. The fourth-order valence-electron chi connectivity index (χ4n) is 2.37. The van der Waals surface area contributed by atoms with E-state index < -0.39 is 5.97 Å². The second kappa shape index (κ2) is 6.35. The molecule has 0 spiro atoms. The van der Waals surface area contributed by atoms with Crippen LogP contribution in [0, 0.1) is 6.92 Å². The fourth-order valence-corrected chi connectivity index (χ4v) is 2.74. The van der Waals surface area contributed by atoms with E-state index in [1.54, 1.807) is 20.1 Å². The largest absolute Gasteiger partial charge is 0.462 e. The first-order valence-electron chi connectivity index (χ1n) is 6.97. The molecule has 4 nitrogen and oxygen atoms in total. The summed E-state index contributed by atoms with van der Waals surface area (Å²) in [5, 5.41) is 0.409. The van der Waals surface area contributed by atoms with Gasteiger partial charge in [0.2, 0.25) is 0 Å². The lowest BCUT2D eigenvalue weighted by molar-refractivity contribution is 0.0525. The molecule has 5 heteroatoms. The maximum atomic E-state index is 12.0. The number of esters is 1. The maximum Gasteiger partial charge on any atom is 0.341 e. The Bertz CT molecular complexity index is 555. The van der Waals surface area contributed by atoms with Crippen molar-refractivity contribution in [3.05, 3.63) is 27.5 Å². The van der Waals surface area contributed by atoms with Gasteiger partial charge < -0.3 is 4.74 Å². The molecule has 0 amide bonds. The molecule has 0 radical (unpaired) electrons. The number of aryl methyl sites for hydroxylation is 2. The highest BCUT2D eigenvalue weighted by Gasteiger charge is 2.23. The molecular formula is C15H19ClN2O2. The third-order valence-corrected chi connectivity index (χ3v) is 3.90. The quantitative estimate of drug-likeness (QED) is 0.803. The summed E-state index contributed by atoms with van der Waals surface area (Å²) in [5.74, 6) is -0.421. The van der Waals surface area contributed by atoms with Crippen LogP contribution < -0.4 is 0 Å².